The number of hydrogen-bond donors (Lipinski definition) is 1. The Labute approximate surface area is 124 Å². The van der Waals surface area contributed by atoms with E-state index in [0.717, 1.165) is 11.3 Å². The van der Waals surface area contributed by atoms with Crippen molar-refractivity contribution in [1.82, 2.24) is 0 Å². The van der Waals surface area contributed by atoms with Crippen LogP contribution in [0.15, 0.2) is 30.3 Å². The second kappa shape index (κ2) is 6.23. The number of nitro groups is 1. The quantitative estimate of drug-likeness (QED) is 0.677. The molecular formula is C13H12N2O5S. The first kappa shape index (κ1) is 14.8. The van der Waals surface area contributed by atoms with Gasteiger partial charge in [0, 0.05) is 12.1 Å². The zero-order valence-corrected chi connectivity index (χ0v) is 12.1. The second-order valence-electron chi connectivity index (χ2n) is 3.92. The average molecular weight is 308 g/mol. The monoisotopic (exact) mass is 308 g/mol. The van der Waals surface area contributed by atoms with Gasteiger partial charge < -0.3 is 14.8 Å². The van der Waals surface area contributed by atoms with Crippen LogP contribution in [0.1, 0.15) is 9.67 Å². The van der Waals surface area contributed by atoms with Gasteiger partial charge in [0.2, 0.25) is 0 Å². The van der Waals surface area contributed by atoms with Gasteiger partial charge in [-0.15, -0.1) is 0 Å². The first-order valence-corrected chi connectivity index (χ1v) is 6.64. The van der Waals surface area contributed by atoms with Gasteiger partial charge >= 0.3 is 5.00 Å². The van der Waals surface area contributed by atoms with E-state index in [1.165, 1.54) is 26.4 Å². The highest BCUT2D eigenvalue weighted by Crippen LogP contribution is 2.30. The minimum absolute atomic E-state index is 0.0854. The number of rotatable bonds is 5. The molecule has 0 spiro atoms. The number of benzene rings is 1. The van der Waals surface area contributed by atoms with Gasteiger partial charge in [-0.25, -0.2) is 0 Å². The Morgan fingerprint density at radius 2 is 2.00 bits per heavy atom. The van der Waals surface area contributed by atoms with Crippen LogP contribution in [0.3, 0.4) is 0 Å². The summed E-state index contributed by atoms with van der Waals surface area (Å²) >= 11 is 0.809. The Bertz CT molecular complexity index is 683. The maximum Gasteiger partial charge on any atom is 0.324 e. The van der Waals surface area contributed by atoms with Crippen LogP contribution in [-0.4, -0.2) is 25.1 Å². The van der Waals surface area contributed by atoms with Gasteiger partial charge in [0.25, 0.3) is 5.91 Å². The number of nitrogens with zero attached hydrogens (tertiary/aromatic N) is 1. The van der Waals surface area contributed by atoms with E-state index in [2.05, 4.69) is 5.32 Å². The largest absolute Gasteiger partial charge is 0.497 e. The van der Waals surface area contributed by atoms with E-state index in [-0.39, 0.29) is 9.88 Å². The molecule has 0 fully saturated rings. The summed E-state index contributed by atoms with van der Waals surface area (Å²) in [5.74, 6) is 0.582. The van der Waals surface area contributed by atoms with Crippen LogP contribution in [0, 0.1) is 10.1 Å². The number of methoxy groups -OCH3 is 2. The smallest absolute Gasteiger partial charge is 0.324 e. The van der Waals surface area contributed by atoms with Gasteiger partial charge in [0.1, 0.15) is 11.5 Å². The summed E-state index contributed by atoms with van der Waals surface area (Å²) in [7, 11) is 2.99. The molecular weight excluding hydrogens is 296 g/mol. The molecule has 0 radical (unpaired) electrons. The number of anilines is 1. The van der Waals surface area contributed by atoms with Crippen molar-refractivity contribution < 1.29 is 19.2 Å². The molecule has 0 aliphatic heterocycles. The van der Waals surface area contributed by atoms with Crippen molar-refractivity contribution in [3.05, 3.63) is 45.3 Å². The molecule has 1 aromatic heterocycles. The van der Waals surface area contributed by atoms with E-state index < -0.39 is 10.8 Å². The number of carbonyl (C=O) groups excluding carboxylic acids is 1. The average Bonchev–Trinajstić information content (AvgIpc) is 2.97. The molecule has 8 heteroatoms. The number of hydrogen-bond acceptors (Lipinski definition) is 6. The zero-order valence-electron chi connectivity index (χ0n) is 11.3. The van der Waals surface area contributed by atoms with Gasteiger partial charge in [-0.2, -0.15) is 0 Å². The molecule has 110 valence electrons. The summed E-state index contributed by atoms with van der Waals surface area (Å²) in [5, 5.41) is 13.2. The molecule has 0 aliphatic rings. The van der Waals surface area contributed by atoms with Gasteiger partial charge in [-0.05, 0) is 18.2 Å². The van der Waals surface area contributed by atoms with E-state index in [9.17, 15) is 14.9 Å². The number of carbonyl (C=O) groups is 1. The van der Waals surface area contributed by atoms with Crippen LogP contribution in [0.4, 0.5) is 10.7 Å². The maximum absolute atomic E-state index is 12.1. The Kier molecular flexibility index (Phi) is 4.39. The second-order valence-corrected chi connectivity index (χ2v) is 4.98. The molecule has 0 saturated heterocycles. The van der Waals surface area contributed by atoms with Crippen LogP contribution in [0.5, 0.6) is 11.5 Å². The minimum atomic E-state index is -0.534. The Morgan fingerprint density at radius 3 is 2.57 bits per heavy atom. The summed E-state index contributed by atoms with van der Waals surface area (Å²) in [6, 6.07) is 7.67. The fourth-order valence-corrected chi connectivity index (χ4v) is 2.36. The van der Waals surface area contributed by atoms with Gasteiger partial charge in [0.15, 0.2) is 0 Å². The molecule has 0 saturated carbocycles. The number of ether oxygens (including phenoxy) is 2. The molecule has 1 amide bonds. The van der Waals surface area contributed by atoms with Crippen molar-refractivity contribution in [1.29, 1.82) is 0 Å². The predicted octanol–water partition coefficient (Wildman–Crippen LogP) is 2.93. The summed E-state index contributed by atoms with van der Waals surface area (Å²) in [4.78, 5) is 22.4. The van der Waals surface area contributed by atoms with Crippen LogP contribution in [0.25, 0.3) is 0 Å². The summed E-state index contributed by atoms with van der Waals surface area (Å²) < 4.78 is 10.2. The molecule has 0 aliphatic carbocycles. The lowest BCUT2D eigenvalue weighted by atomic mass is 10.2. The lowest BCUT2D eigenvalue weighted by Crippen LogP contribution is -2.11. The lowest BCUT2D eigenvalue weighted by Gasteiger charge is -2.10. The van der Waals surface area contributed by atoms with E-state index >= 15 is 0 Å². The zero-order chi connectivity index (χ0) is 15.4. The van der Waals surface area contributed by atoms with Crippen LogP contribution in [-0.2, 0) is 0 Å². The number of nitrogens with one attached hydrogen (secondary N) is 1. The van der Waals surface area contributed by atoms with Crippen molar-refractivity contribution in [3.63, 3.8) is 0 Å². The fourth-order valence-electron chi connectivity index (χ4n) is 1.64. The molecule has 1 heterocycles. The molecule has 21 heavy (non-hydrogen) atoms. The van der Waals surface area contributed by atoms with Crippen molar-refractivity contribution in [2.24, 2.45) is 0 Å². The predicted molar refractivity (Wildman–Crippen MR) is 78.5 cm³/mol. The van der Waals surface area contributed by atoms with Crippen molar-refractivity contribution >= 4 is 27.9 Å². The Hall–Kier alpha value is -2.61. The first-order valence-electron chi connectivity index (χ1n) is 5.82. The van der Waals surface area contributed by atoms with Gasteiger partial charge in [0.05, 0.1) is 29.7 Å². The third-order valence-corrected chi connectivity index (χ3v) is 3.69. The molecule has 0 atom stereocenters. The molecule has 1 aromatic carbocycles. The van der Waals surface area contributed by atoms with Crippen LogP contribution < -0.4 is 14.8 Å². The highest BCUT2D eigenvalue weighted by Gasteiger charge is 2.17. The Morgan fingerprint density at radius 1 is 1.24 bits per heavy atom. The highest BCUT2D eigenvalue weighted by molar-refractivity contribution is 7.17. The third-order valence-electron chi connectivity index (χ3n) is 2.65. The minimum Gasteiger partial charge on any atom is -0.497 e. The van der Waals surface area contributed by atoms with E-state index in [4.69, 9.17) is 9.47 Å². The number of thiophene rings is 1. The van der Waals surface area contributed by atoms with Crippen LogP contribution in [0.2, 0.25) is 0 Å². The molecule has 2 rings (SSSR count). The van der Waals surface area contributed by atoms with E-state index in [0.29, 0.717) is 17.2 Å². The molecule has 1 N–H and O–H groups in total. The standard InChI is InChI=1S/C13H12N2O5S/c1-19-8-3-4-10(20-2)9(7-8)14-13(16)11-5-6-12(21-11)15(17)18/h3-7H,1-2H3,(H,14,16). The summed E-state index contributed by atoms with van der Waals surface area (Å²) in [6.07, 6.45) is 0. The van der Waals surface area contributed by atoms with E-state index in [1.54, 1.807) is 18.2 Å². The normalized spacial score (nSPS) is 10.0. The molecule has 7 nitrogen and oxygen atoms in total. The van der Waals surface area contributed by atoms with Gasteiger partial charge in [-0.1, -0.05) is 11.3 Å². The molecule has 2 aromatic rings. The first-order chi connectivity index (χ1) is 10.0. The molecule has 0 bridgehead atoms. The van der Waals surface area contributed by atoms with Crippen molar-refractivity contribution in [3.8, 4) is 11.5 Å². The Balaban J connectivity index is 2.23. The summed E-state index contributed by atoms with van der Waals surface area (Å²) in [6.45, 7) is 0. The third kappa shape index (κ3) is 3.29. The van der Waals surface area contributed by atoms with Crippen LogP contribution >= 0.6 is 11.3 Å². The fraction of sp³-hybridized carbons (Fsp3) is 0.154. The van der Waals surface area contributed by atoms with Crippen molar-refractivity contribution in [2.45, 2.75) is 0 Å². The van der Waals surface area contributed by atoms with Gasteiger partial charge in [-0.3, -0.25) is 14.9 Å². The van der Waals surface area contributed by atoms with E-state index in [1.807, 2.05) is 0 Å². The SMILES string of the molecule is COc1ccc(OC)c(NC(=O)c2ccc([N+](=O)[O-])s2)c1. The molecule has 0 unspecified atom stereocenters. The maximum atomic E-state index is 12.1. The highest BCUT2D eigenvalue weighted by atomic mass is 32.1. The number of amides is 1. The topological polar surface area (TPSA) is 90.7 Å². The summed E-state index contributed by atoms with van der Waals surface area (Å²) in [5.41, 5.74) is 0.429. The van der Waals surface area contributed by atoms with Crippen molar-refractivity contribution in [2.75, 3.05) is 19.5 Å². The lowest BCUT2D eigenvalue weighted by molar-refractivity contribution is -0.380.